The minimum absolute atomic E-state index is 0.148. The smallest absolute Gasteiger partial charge is 0.196 e. The molecule has 0 amide bonds. The van der Waals surface area contributed by atoms with E-state index < -0.39 is 17.4 Å². The average molecular weight is 355 g/mol. The van der Waals surface area contributed by atoms with Gasteiger partial charge in [0.25, 0.3) is 0 Å². The first-order chi connectivity index (χ1) is 9.93. The number of hydrogen-bond acceptors (Lipinski definition) is 2. The van der Waals surface area contributed by atoms with Crippen molar-refractivity contribution in [2.75, 3.05) is 6.61 Å². The van der Waals surface area contributed by atoms with Crippen LogP contribution in [0.2, 0.25) is 0 Å². The summed E-state index contributed by atoms with van der Waals surface area (Å²) in [5, 5.41) is 0. The van der Waals surface area contributed by atoms with Crippen LogP contribution in [-0.2, 0) is 0 Å². The number of hydrogen-bond donors (Lipinski definition) is 0. The Morgan fingerprint density at radius 1 is 1.19 bits per heavy atom. The zero-order valence-corrected chi connectivity index (χ0v) is 13.1. The van der Waals surface area contributed by atoms with E-state index in [1.165, 1.54) is 13.0 Å². The van der Waals surface area contributed by atoms with Gasteiger partial charge in [-0.05, 0) is 59.6 Å². The number of aryl methyl sites for hydroxylation is 1. The first kappa shape index (κ1) is 15.6. The SMILES string of the molecule is CCOc1ccc(C(=O)c2cc(C)c(F)cc2F)cc1Br. The molecular weight excluding hydrogens is 342 g/mol. The molecule has 0 unspecified atom stereocenters. The minimum Gasteiger partial charge on any atom is -0.493 e. The third kappa shape index (κ3) is 3.29. The highest BCUT2D eigenvalue weighted by Gasteiger charge is 2.17. The van der Waals surface area contributed by atoms with Crippen LogP contribution in [0.15, 0.2) is 34.8 Å². The highest BCUT2D eigenvalue weighted by molar-refractivity contribution is 9.10. The van der Waals surface area contributed by atoms with Crippen molar-refractivity contribution in [3.8, 4) is 5.75 Å². The topological polar surface area (TPSA) is 26.3 Å². The highest BCUT2D eigenvalue weighted by Crippen LogP contribution is 2.27. The third-order valence-electron chi connectivity index (χ3n) is 2.99. The Morgan fingerprint density at radius 3 is 2.52 bits per heavy atom. The van der Waals surface area contributed by atoms with Crippen molar-refractivity contribution >= 4 is 21.7 Å². The van der Waals surface area contributed by atoms with E-state index >= 15 is 0 Å². The Morgan fingerprint density at radius 2 is 1.90 bits per heavy atom. The summed E-state index contributed by atoms with van der Waals surface area (Å²) in [6.45, 7) is 3.83. The van der Waals surface area contributed by atoms with Gasteiger partial charge in [-0.1, -0.05) is 0 Å². The van der Waals surface area contributed by atoms with E-state index in [1.807, 2.05) is 6.92 Å². The van der Waals surface area contributed by atoms with Crippen molar-refractivity contribution in [3.05, 3.63) is 63.1 Å². The molecule has 2 rings (SSSR count). The second kappa shape index (κ2) is 6.35. The van der Waals surface area contributed by atoms with Crippen LogP contribution in [0.5, 0.6) is 5.75 Å². The molecule has 0 heterocycles. The maximum Gasteiger partial charge on any atom is 0.196 e. The number of carbonyl (C=O) groups is 1. The second-order valence-electron chi connectivity index (χ2n) is 4.49. The molecule has 2 aromatic rings. The van der Waals surface area contributed by atoms with E-state index in [-0.39, 0.29) is 11.1 Å². The molecule has 0 bridgehead atoms. The van der Waals surface area contributed by atoms with Gasteiger partial charge in [0.05, 0.1) is 16.6 Å². The predicted octanol–water partition coefficient (Wildman–Crippen LogP) is 4.67. The van der Waals surface area contributed by atoms with Crippen LogP contribution in [0.1, 0.15) is 28.4 Å². The van der Waals surface area contributed by atoms with E-state index in [9.17, 15) is 13.6 Å². The van der Waals surface area contributed by atoms with Crippen LogP contribution in [0.25, 0.3) is 0 Å². The van der Waals surface area contributed by atoms with Crippen molar-refractivity contribution < 1.29 is 18.3 Å². The molecule has 0 N–H and O–H groups in total. The molecule has 0 atom stereocenters. The molecule has 0 aromatic heterocycles. The molecule has 0 saturated carbocycles. The lowest BCUT2D eigenvalue weighted by atomic mass is 10.0. The summed E-state index contributed by atoms with van der Waals surface area (Å²) in [6.07, 6.45) is 0. The van der Waals surface area contributed by atoms with Crippen LogP contribution in [-0.4, -0.2) is 12.4 Å². The fourth-order valence-electron chi connectivity index (χ4n) is 1.90. The summed E-state index contributed by atoms with van der Waals surface area (Å²) in [4.78, 5) is 12.3. The molecule has 5 heteroatoms. The Hall–Kier alpha value is -1.75. The molecule has 2 nitrogen and oxygen atoms in total. The maximum atomic E-state index is 13.8. The monoisotopic (exact) mass is 354 g/mol. The zero-order chi connectivity index (χ0) is 15.6. The van der Waals surface area contributed by atoms with Crippen LogP contribution < -0.4 is 4.74 Å². The third-order valence-corrected chi connectivity index (χ3v) is 3.61. The fourth-order valence-corrected chi connectivity index (χ4v) is 2.39. The summed E-state index contributed by atoms with van der Waals surface area (Å²) >= 11 is 3.30. The number of rotatable bonds is 4. The molecule has 2 aromatic carbocycles. The fraction of sp³-hybridized carbons (Fsp3) is 0.188. The van der Waals surface area contributed by atoms with E-state index in [4.69, 9.17) is 4.74 Å². The summed E-state index contributed by atoms with van der Waals surface area (Å²) in [6, 6.07) is 6.69. The van der Waals surface area contributed by atoms with Crippen LogP contribution in [0, 0.1) is 18.6 Å². The van der Waals surface area contributed by atoms with Crippen LogP contribution in [0.3, 0.4) is 0 Å². The standard InChI is InChI=1S/C16H13BrF2O2/c1-3-21-15-5-4-10(7-12(15)17)16(20)11-6-9(2)13(18)8-14(11)19/h4-8H,3H2,1-2H3. The van der Waals surface area contributed by atoms with Gasteiger partial charge in [-0.3, -0.25) is 4.79 Å². The van der Waals surface area contributed by atoms with E-state index in [0.29, 0.717) is 22.4 Å². The first-order valence-corrected chi connectivity index (χ1v) is 7.16. The van der Waals surface area contributed by atoms with Crippen molar-refractivity contribution in [2.24, 2.45) is 0 Å². The Kier molecular flexibility index (Phi) is 4.73. The minimum atomic E-state index is -0.867. The second-order valence-corrected chi connectivity index (χ2v) is 5.34. The van der Waals surface area contributed by atoms with Gasteiger partial charge in [0.2, 0.25) is 0 Å². The van der Waals surface area contributed by atoms with Gasteiger partial charge in [0.1, 0.15) is 17.4 Å². The van der Waals surface area contributed by atoms with Crippen LogP contribution >= 0.6 is 15.9 Å². The molecule has 0 radical (unpaired) electrons. The Labute approximate surface area is 129 Å². The van der Waals surface area contributed by atoms with Crippen molar-refractivity contribution in [1.82, 2.24) is 0 Å². The normalized spacial score (nSPS) is 10.5. The lowest BCUT2D eigenvalue weighted by Gasteiger charge is -2.09. The van der Waals surface area contributed by atoms with Crippen molar-refractivity contribution in [3.63, 3.8) is 0 Å². The predicted molar refractivity (Wildman–Crippen MR) is 79.8 cm³/mol. The quantitative estimate of drug-likeness (QED) is 0.746. The lowest BCUT2D eigenvalue weighted by Crippen LogP contribution is -2.06. The van der Waals surface area contributed by atoms with Crippen molar-refractivity contribution in [2.45, 2.75) is 13.8 Å². The van der Waals surface area contributed by atoms with Gasteiger partial charge in [-0.15, -0.1) is 0 Å². The number of halogens is 3. The first-order valence-electron chi connectivity index (χ1n) is 6.36. The lowest BCUT2D eigenvalue weighted by molar-refractivity contribution is 0.103. The molecule has 21 heavy (non-hydrogen) atoms. The molecule has 0 spiro atoms. The molecule has 0 fully saturated rings. The number of carbonyl (C=O) groups excluding carboxylic acids is 1. The number of benzene rings is 2. The number of ketones is 1. The van der Waals surface area contributed by atoms with Gasteiger partial charge in [-0.2, -0.15) is 0 Å². The van der Waals surface area contributed by atoms with E-state index in [1.54, 1.807) is 18.2 Å². The van der Waals surface area contributed by atoms with Gasteiger partial charge in [0.15, 0.2) is 5.78 Å². The van der Waals surface area contributed by atoms with Gasteiger partial charge >= 0.3 is 0 Å². The number of ether oxygens (including phenoxy) is 1. The zero-order valence-electron chi connectivity index (χ0n) is 11.5. The largest absolute Gasteiger partial charge is 0.493 e. The van der Waals surface area contributed by atoms with E-state index in [2.05, 4.69) is 15.9 Å². The molecule has 0 aliphatic rings. The van der Waals surface area contributed by atoms with Gasteiger partial charge in [-0.25, -0.2) is 8.78 Å². The molecular formula is C16H13BrF2O2. The maximum absolute atomic E-state index is 13.8. The summed E-state index contributed by atoms with van der Waals surface area (Å²) in [7, 11) is 0. The van der Waals surface area contributed by atoms with Gasteiger partial charge in [0, 0.05) is 11.6 Å². The average Bonchev–Trinajstić information content (AvgIpc) is 2.44. The molecule has 0 aliphatic carbocycles. The highest BCUT2D eigenvalue weighted by atomic mass is 79.9. The van der Waals surface area contributed by atoms with Crippen molar-refractivity contribution in [1.29, 1.82) is 0 Å². The van der Waals surface area contributed by atoms with Gasteiger partial charge < -0.3 is 4.74 Å². The van der Waals surface area contributed by atoms with Crippen LogP contribution in [0.4, 0.5) is 8.78 Å². The molecule has 0 saturated heterocycles. The molecule has 110 valence electrons. The molecule has 0 aliphatic heterocycles. The van der Waals surface area contributed by atoms with E-state index in [0.717, 1.165) is 6.07 Å². The summed E-state index contributed by atoms with van der Waals surface area (Å²) in [5.41, 5.74) is 0.380. The Balaban J connectivity index is 2.41. The summed E-state index contributed by atoms with van der Waals surface area (Å²) < 4.78 is 33.0. The Bertz CT molecular complexity index is 699. The summed E-state index contributed by atoms with van der Waals surface area (Å²) in [5.74, 6) is -1.44.